The molecule has 2 N–H and O–H groups in total. The second-order valence-electron chi connectivity index (χ2n) is 5.19. The van der Waals surface area contributed by atoms with Gasteiger partial charge in [-0.2, -0.15) is 0 Å². The molecule has 1 aliphatic carbocycles. The summed E-state index contributed by atoms with van der Waals surface area (Å²) < 4.78 is 0. The van der Waals surface area contributed by atoms with Gasteiger partial charge in [-0.05, 0) is 31.6 Å². The summed E-state index contributed by atoms with van der Waals surface area (Å²) in [5, 5.41) is 0. The minimum absolute atomic E-state index is 0.346. The number of rotatable bonds is 2. The number of anilines is 1. The first-order valence-corrected chi connectivity index (χ1v) is 7.05. The Kier molecular flexibility index (Phi) is 3.16. The van der Waals surface area contributed by atoms with Crippen LogP contribution in [0.3, 0.4) is 0 Å². The summed E-state index contributed by atoms with van der Waals surface area (Å²) in [5.74, 6) is 1.71. The fraction of sp³-hybridized carbons (Fsp3) is 0.615. The maximum Gasteiger partial charge on any atom is 0.157 e. The van der Waals surface area contributed by atoms with Gasteiger partial charge in [-0.3, -0.25) is 0 Å². The van der Waals surface area contributed by atoms with Gasteiger partial charge in [0, 0.05) is 25.0 Å². The van der Waals surface area contributed by atoms with Crippen molar-refractivity contribution in [2.45, 2.75) is 38.1 Å². The zero-order chi connectivity index (χ0) is 12.5. The zero-order valence-corrected chi connectivity index (χ0v) is 11.2. The van der Waals surface area contributed by atoms with Crippen molar-refractivity contribution in [3.05, 3.63) is 18.1 Å². The monoisotopic (exact) mass is 262 g/mol. The fourth-order valence-electron chi connectivity index (χ4n) is 3.43. The van der Waals surface area contributed by atoms with Gasteiger partial charge in [0.1, 0.15) is 10.7 Å². The molecule has 0 aromatic carbocycles. The molecule has 1 aromatic heterocycles. The zero-order valence-electron chi connectivity index (χ0n) is 10.4. The molecule has 2 heterocycles. The SMILES string of the molecule is NC(=S)c1nccnc1N1CCCC2CCCC21. The van der Waals surface area contributed by atoms with E-state index in [0.717, 1.165) is 18.3 Å². The van der Waals surface area contributed by atoms with Gasteiger partial charge in [-0.25, -0.2) is 9.97 Å². The molecule has 0 bridgehead atoms. The van der Waals surface area contributed by atoms with Gasteiger partial charge >= 0.3 is 0 Å². The Hall–Kier alpha value is -1.23. The summed E-state index contributed by atoms with van der Waals surface area (Å²) in [6, 6.07) is 0.614. The van der Waals surface area contributed by atoms with Gasteiger partial charge in [0.2, 0.25) is 0 Å². The van der Waals surface area contributed by atoms with E-state index in [1.807, 2.05) is 0 Å². The topological polar surface area (TPSA) is 55.0 Å². The number of hydrogen-bond acceptors (Lipinski definition) is 4. The summed E-state index contributed by atoms with van der Waals surface area (Å²) in [6.07, 6.45) is 9.92. The average molecular weight is 262 g/mol. The number of hydrogen-bond donors (Lipinski definition) is 1. The van der Waals surface area contributed by atoms with Crippen molar-refractivity contribution in [2.24, 2.45) is 11.7 Å². The minimum Gasteiger partial charge on any atom is -0.388 e. The lowest BCUT2D eigenvalue weighted by atomic mass is 9.92. The van der Waals surface area contributed by atoms with Gasteiger partial charge in [-0.1, -0.05) is 18.6 Å². The van der Waals surface area contributed by atoms with Crippen LogP contribution < -0.4 is 10.6 Å². The van der Waals surface area contributed by atoms with Crippen LogP contribution in [0.2, 0.25) is 0 Å². The van der Waals surface area contributed by atoms with E-state index >= 15 is 0 Å². The van der Waals surface area contributed by atoms with Crippen molar-refractivity contribution in [2.75, 3.05) is 11.4 Å². The molecule has 1 aliphatic heterocycles. The highest BCUT2D eigenvalue weighted by Crippen LogP contribution is 2.38. The first-order valence-electron chi connectivity index (χ1n) is 6.65. The van der Waals surface area contributed by atoms with Crippen LogP contribution in [0.15, 0.2) is 12.4 Å². The van der Waals surface area contributed by atoms with Crippen molar-refractivity contribution in [3.63, 3.8) is 0 Å². The van der Waals surface area contributed by atoms with E-state index in [2.05, 4.69) is 14.9 Å². The Balaban J connectivity index is 1.96. The van der Waals surface area contributed by atoms with E-state index in [1.54, 1.807) is 12.4 Å². The molecule has 2 fully saturated rings. The lowest BCUT2D eigenvalue weighted by Gasteiger charge is -2.39. The van der Waals surface area contributed by atoms with Gasteiger partial charge < -0.3 is 10.6 Å². The van der Waals surface area contributed by atoms with Crippen molar-refractivity contribution >= 4 is 23.0 Å². The van der Waals surface area contributed by atoms with Crippen LogP contribution in [-0.2, 0) is 0 Å². The Morgan fingerprint density at radius 2 is 2.00 bits per heavy atom. The van der Waals surface area contributed by atoms with Crippen LogP contribution in [0.5, 0.6) is 0 Å². The number of piperidine rings is 1. The van der Waals surface area contributed by atoms with E-state index < -0.39 is 0 Å². The third kappa shape index (κ3) is 1.96. The van der Waals surface area contributed by atoms with Gasteiger partial charge in [0.25, 0.3) is 0 Å². The molecule has 1 aromatic rings. The van der Waals surface area contributed by atoms with E-state index in [-0.39, 0.29) is 0 Å². The van der Waals surface area contributed by atoms with Gasteiger partial charge in [0.05, 0.1) is 0 Å². The molecule has 0 radical (unpaired) electrons. The molecule has 4 nitrogen and oxygen atoms in total. The number of nitrogens with zero attached hydrogens (tertiary/aromatic N) is 3. The van der Waals surface area contributed by atoms with Crippen LogP contribution in [0.4, 0.5) is 5.82 Å². The number of nitrogens with two attached hydrogens (primary N) is 1. The molecule has 18 heavy (non-hydrogen) atoms. The molecular formula is C13H18N4S. The van der Waals surface area contributed by atoms with Crippen LogP contribution in [0.25, 0.3) is 0 Å². The largest absolute Gasteiger partial charge is 0.388 e. The second-order valence-corrected chi connectivity index (χ2v) is 5.63. The van der Waals surface area contributed by atoms with Crippen molar-refractivity contribution in [1.82, 2.24) is 9.97 Å². The number of aromatic nitrogens is 2. The maximum atomic E-state index is 5.76. The molecule has 5 heteroatoms. The third-order valence-electron chi connectivity index (χ3n) is 4.18. The summed E-state index contributed by atoms with van der Waals surface area (Å²) in [4.78, 5) is 11.5. The molecule has 2 aliphatic rings. The molecular weight excluding hydrogens is 244 g/mol. The first kappa shape index (κ1) is 11.8. The van der Waals surface area contributed by atoms with Gasteiger partial charge in [-0.15, -0.1) is 0 Å². The summed E-state index contributed by atoms with van der Waals surface area (Å²) >= 11 is 5.09. The van der Waals surface area contributed by atoms with Crippen LogP contribution in [0.1, 0.15) is 37.8 Å². The van der Waals surface area contributed by atoms with Crippen LogP contribution in [-0.4, -0.2) is 27.5 Å². The highest BCUT2D eigenvalue weighted by molar-refractivity contribution is 7.80. The molecule has 3 rings (SSSR count). The normalized spacial score (nSPS) is 27.0. The highest BCUT2D eigenvalue weighted by Gasteiger charge is 2.36. The Bertz CT molecular complexity index is 462. The second kappa shape index (κ2) is 4.80. The lowest BCUT2D eigenvalue weighted by molar-refractivity contribution is 0.360. The quantitative estimate of drug-likeness (QED) is 0.825. The predicted molar refractivity (Wildman–Crippen MR) is 75.6 cm³/mol. The summed E-state index contributed by atoms with van der Waals surface area (Å²) in [5.41, 5.74) is 6.44. The number of thiocarbonyl (C=S) groups is 1. The third-order valence-corrected chi connectivity index (χ3v) is 4.37. The van der Waals surface area contributed by atoms with E-state index in [0.29, 0.717) is 16.7 Å². The molecule has 2 unspecified atom stereocenters. The average Bonchev–Trinajstić information content (AvgIpc) is 2.86. The van der Waals surface area contributed by atoms with E-state index in [1.165, 1.54) is 32.1 Å². The molecule has 0 spiro atoms. The lowest BCUT2D eigenvalue weighted by Crippen LogP contribution is -2.44. The van der Waals surface area contributed by atoms with Crippen molar-refractivity contribution < 1.29 is 0 Å². The molecule has 96 valence electrons. The fourth-order valence-corrected chi connectivity index (χ4v) is 3.58. The predicted octanol–water partition coefficient (Wildman–Crippen LogP) is 1.88. The first-order chi connectivity index (χ1) is 8.77. The molecule has 1 saturated heterocycles. The van der Waals surface area contributed by atoms with Crippen molar-refractivity contribution in [3.8, 4) is 0 Å². The summed E-state index contributed by atoms with van der Waals surface area (Å²) in [7, 11) is 0. The van der Waals surface area contributed by atoms with E-state index in [4.69, 9.17) is 18.0 Å². The Labute approximate surface area is 113 Å². The minimum atomic E-state index is 0.346. The summed E-state index contributed by atoms with van der Waals surface area (Å²) in [6.45, 7) is 1.05. The standard InChI is InChI=1S/C13H18N4S/c14-12(18)11-13(16-7-6-15-11)17-8-2-4-9-3-1-5-10(9)17/h6-7,9-10H,1-5,8H2,(H2,14,18). The molecule has 1 saturated carbocycles. The van der Waals surface area contributed by atoms with Crippen LogP contribution in [0, 0.1) is 5.92 Å². The number of fused-ring (bicyclic) bond motifs is 1. The smallest absolute Gasteiger partial charge is 0.157 e. The van der Waals surface area contributed by atoms with E-state index in [9.17, 15) is 0 Å². The molecule has 2 atom stereocenters. The van der Waals surface area contributed by atoms with Crippen molar-refractivity contribution in [1.29, 1.82) is 0 Å². The van der Waals surface area contributed by atoms with Gasteiger partial charge in [0.15, 0.2) is 5.82 Å². The maximum absolute atomic E-state index is 5.76. The molecule has 0 amide bonds. The highest BCUT2D eigenvalue weighted by atomic mass is 32.1. The Morgan fingerprint density at radius 1 is 1.22 bits per heavy atom. The van der Waals surface area contributed by atoms with Crippen LogP contribution >= 0.6 is 12.2 Å². The Morgan fingerprint density at radius 3 is 2.83 bits per heavy atom.